The summed E-state index contributed by atoms with van der Waals surface area (Å²) in [6.45, 7) is 0. The van der Waals surface area contributed by atoms with Crippen molar-refractivity contribution in [3.63, 3.8) is 0 Å². The lowest BCUT2D eigenvalue weighted by atomic mass is 9.64. The lowest BCUT2D eigenvalue weighted by Gasteiger charge is -2.41. The minimum Gasteiger partial charge on any atom is -0.481 e. The molecule has 0 aromatic heterocycles. The highest BCUT2D eigenvalue weighted by Gasteiger charge is 2.48. The second kappa shape index (κ2) is 4.74. The van der Waals surface area contributed by atoms with Gasteiger partial charge in [-0.25, -0.2) is 0 Å². The van der Waals surface area contributed by atoms with Crippen molar-refractivity contribution in [3.8, 4) is 0 Å². The van der Waals surface area contributed by atoms with Gasteiger partial charge in [-0.2, -0.15) is 0 Å². The molecule has 0 aromatic carbocycles. The molecule has 16 heavy (non-hydrogen) atoms. The molecule has 0 saturated heterocycles. The van der Waals surface area contributed by atoms with Crippen molar-refractivity contribution in [2.24, 2.45) is 11.3 Å². The van der Waals surface area contributed by atoms with Gasteiger partial charge in [0.25, 0.3) is 0 Å². The van der Waals surface area contributed by atoms with Crippen molar-refractivity contribution in [2.45, 2.75) is 57.4 Å². The van der Waals surface area contributed by atoms with Gasteiger partial charge in [0.1, 0.15) is 0 Å². The summed E-state index contributed by atoms with van der Waals surface area (Å²) in [5.41, 5.74) is -0.385. The average molecular weight is 225 g/mol. The largest absolute Gasteiger partial charge is 0.481 e. The molecule has 3 nitrogen and oxygen atoms in total. The molecule has 3 heteroatoms. The van der Waals surface area contributed by atoms with E-state index in [0.29, 0.717) is 12.0 Å². The minimum atomic E-state index is -0.533. The van der Waals surface area contributed by atoms with E-state index in [1.165, 1.54) is 12.8 Å². The Labute approximate surface area is 97.6 Å². The van der Waals surface area contributed by atoms with Crippen LogP contribution in [0.5, 0.6) is 0 Å². The normalized spacial score (nSPS) is 36.4. The summed E-state index contributed by atoms with van der Waals surface area (Å²) in [7, 11) is 1.98. The maximum absolute atomic E-state index is 11.6. The summed E-state index contributed by atoms with van der Waals surface area (Å²) in [6, 6.07) is 0.536. The van der Waals surface area contributed by atoms with Gasteiger partial charge in [0, 0.05) is 6.04 Å². The van der Waals surface area contributed by atoms with Crippen LogP contribution in [0.15, 0.2) is 0 Å². The van der Waals surface area contributed by atoms with E-state index in [1.54, 1.807) is 0 Å². The quantitative estimate of drug-likeness (QED) is 0.775. The Balaban J connectivity index is 2.08. The fourth-order valence-electron chi connectivity index (χ4n) is 3.70. The molecule has 0 bridgehead atoms. The predicted molar refractivity (Wildman–Crippen MR) is 63.3 cm³/mol. The first-order valence-electron chi connectivity index (χ1n) is 6.60. The predicted octanol–water partition coefficient (Wildman–Crippen LogP) is 2.41. The van der Waals surface area contributed by atoms with Crippen molar-refractivity contribution in [3.05, 3.63) is 0 Å². The standard InChI is InChI=1S/C13H23NO2/c1-14-11-6-8-13(9-7-11,12(15)16)10-4-2-3-5-10/h10-11,14H,2-9H2,1H3,(H,15,16). The monoisotopic (exact) mass is 225 g/mol. The summed E-state index contributed by atoms with van der Waals surface area (Å²) in [5.74, 6) is -0.0863. The van der Waals surface area contributed by atoms with Crippen LogP contribution >= 0.6 is 0 Å². The van der Waals surface area contributed by atoms with E-state index in [9.17, 15) is 9.90 Å². The molecule has 0 aromatic rings. The Morgan fingerprint density at radius 1 is 1.19 bits per heavy atom. The SMILES string of the molecule is CNC1CCC(C(=O)O)(C2CCCC2)CC1. The first kappa shape index (κ1) is 11.9. The van der Waals surface area contributed by atoms with Gasteiger partial charge in [-0.3, -0.25) is 4.79 Å². The first-order chi connectivity index (χ1) is 7.69. The fraction of sp³-hybridized carbons (Fsp3) is 0.923. The van der Waals surface area contributed by atoms with Crippen LogP contribution in [0.1, 0.15) is 51.4 Å². The van der Waals surface area contributed by atoms with Crippen molar-refractivity contribution in [1.29, 1.82) is 0 Å². The summed E-state index contributed by atoms with van der Waals surface area (Å²) >= 11 is 0. The van der Waals surface area contributed by atoms with E-state index < -0.39 is 5.97 Å². The van der Waals surface area contributed by atoms with Gasteiger partial charge in [0.15, 0.2) is 0 Å². The molecule has 92 valence electrons. The number of hydrogen-bond donors (Lipinski definition) is 2. The van der Waals surface area contributed by atoms with Crippen LogP contribution < -0.4 is 5.32 Å². The zero-order chi connectivity index (χ0) is 11.6. The number of rotatable bonds is 3. The Kier molecular flexibility index (Phi) is 3.53. The van der Waals surface area contributed by atoms with Crippen molar-refractivity contribution in [2.75, 3.05) is 7.05 Å². The molecule has 0 spiro atoms. The smallest absolute Gasteiger partial charge is 0.309 e. The number of nitrogens with one attached hydrogen (secondary N) is 1. The number of hydrogen-bond acceptors (Lipinski definition) is 2. The molecule has 0 aliphatic heterocycles. The van der Waals surface area contributed by atoms with Crippen LogP contribution in [-0.2, 0) is 4.79 Å². The second-order valence-corrected chi connectivity index (χ2v) is 5.51. The molecule has 0 atom stereocenters. The Bertz CT molecular complexity index is 251. The summed E-state index contributed by atoms with van der Waals surface area (Å²) < 4.78 is 0. The Hall–Kier alpha value is -0.570. The summed E-state index contributed by atoms with van der Waals surface area (Å²) in [4.78, 5) is 11.6. The van der Waals surface area contributed by atoms with E-state index in [-0.39, 0.29) is 5.41 Å². The maximum atomic E-state index is 11.6. The lowest BCUT2D eigenvalue weighted by Crippen LogP contribution is -2.44. The van der Waals surface area contributed by atoms with Gasteiger partial charge < -0.3 is 10.4 Å². The van der Waals surface area contributed by atoms with Crippen molar-refractivity contribution >= 4 is 5.97 Å². The van der Waals surface area contributed by atoms with Crippen LogP contribution in [-0.4, -0.2) is 24.2 Å². The molecule has 2 aliphatic carbocycles. The molecular weight excluding hydrogens is 202 g/mol. The van der Waals surface area contributed by atoms with Gasteiger partial charge in [-0.05, 0) is 51.5 Å². The highest BCUT2D eigenvalue weighted by Crippen LogP contribution is 2.49. The second-order valence-electron chi connectivity index (χ2n) is 5.51. The van der Waals surface area contributed by atoms with E-state index in [0.717, 1.165) is 38.5 Å². The zero-order valence-electron chi connectivity index (χ0n) is 10.2. The van der Waals surface area contributed by atoms with Crippen LogP contribution in [0.2, 0.25) is 0 Å². The van der Waals surface area contributed by atoms with Crippen LogP contribution in [0.25, 0.3) is 0 Å². The first-order valence-corrected chi connectivity index (χ1v) is 6.60. The molecule has 2 aliphatic rings. The van der Waals surface area contributed by atoms with Crippen LogP contribution in [0.3, 0.4) is 0 Å². The van der Waals surface area contributed by atoms with Crippen LogP contribution in [0, 0.1) is 11.3 Å². The van der Waals surface area contributed by atoms with Gasteiger partial charge in [0.2, 0.25) is 0 Å². The van der Waals surface area contributed by atoms with Gasteiger partial charge in [-0.1, -0.05) is 12.8 Å². The van der Waals surface area contributed by atoms with Gasteiger partial charge >= 0.3 is 5.97 Å². The van der Waals surface area contributed by atoms with Crippen molar-refractivity contribution < 1.29 is 9.90 Å². The molecule has 2 rings (SSSR count). The molecule has 2 N–H and O–H groups in total. The number of carboxylic acids is 1. The third-order valence-electron chi connectivity index (χ3n) is 4.85. The van der Waals surface area contributed by atoms with E-state index in [4.69, 9.17) is 0 Å². The molecule has 0 radical (unpaired) electrons. The lowest BCUT2D eigenvalue weighted by molar-refractivity contribution is -0.155. The number of aliphatic carboxylic acids is 1. The molecule has 0 unspecified atom stereocenters. The summed E-state index contributed by atoms with van der Waals surface area (Å²) in [5, 5.41) is 12.9. The van der Waals surface area contributed by atoms with Gasteiger partial charge in [0.05, 0.1) is 5.41 Å². The molecule has 0 amide bonds. The van der Waals surface area contributed by atoms with Crippen molar-refractivity contribution in [1.82, 2.24) is 5.32 Å². The number of carbonyl (C=O) groups is 1. The third-order valence-corrected chi connectivity index (χ3v) is 4.85. The van der Waals surface area contributed by atoms with E-state index in [2.05, 4.69) is 5.32 Å². The average Bonchev–Trinajstić information content (AvgIpc) is 2.82. The third kappa shape index (κ3) is 1.97. The van der Waals surface area contributed by atoms with E-state index >= 15 is 0 Å². The Morgan fingerprint density at radius 2 is 1.75 bits per heavy atom. The number of carboxylic acid groups (broad SMARTS) is 1. The Morgan fingerprint density at radius 3 is 2.19 bits per heavy atom. The zero-order valence-corrected chi connectivity index (χ0v) is 10.2. The minimum absolute atomic E-state index is 0.385. The van der Waals surface area contributed by atoms with E-state index in [1.807, 2.05) is 7.05 Å². The molecule has 0 heterocycles. The highest BCUT2D eigenvalue weighted by atomic mass is 16.4. The maximum Gasteiger partial charge on any atom is 0.309 e. The fourth-order valence-corrected chi connectivity index (χ4v) is 3.70. The molecule has 2 saturated carbocycles. The van der Waals surface area contributed by atoms with Gasteiger partial charge in [-0.15, -0.1) is 0 Å². The molecule has 2 fully saturated rings. The summed E-state index contributed by atoms with van der Waals surface area (Å²) in [6.07, 6.45) is 8.53. The molecular formula is C13H23NO2. The topological polar surface area (TPSA) is 49.3 Å². The van der Waals surface area contributed by atoms with Crippen LogP contribution in [0.4, 0.5) is 0 Å². The highest BCUT2D eigenvalue weighted by molar-refractivity contribution is 5.75.